The van der Waals surface area contributed by atoms with Crippen molar-refractivity contribution in [1.29, 1.82) is 5.26 Å². The van der Waals surface area contributed by atoms with Crippen molar-refractivity contribution < 1.29 is 0 Å². The zero-order chi connectivity index (χ0) is 11.5. The predicted octanol–water partition coefficient (Wildman–Crippen LogP) is 2.81. The van der Waals surface area contributed by atoms with Gasteiger partial charge in [0.15, 0.2) is 0 Å². The lowest BCUT2D eigenvalue weighted by Gasteiger charge is -2.02. The Kier molecular flexibility index (Phi) is 2.93. The summed E-state index contributed by atoms with van der Waals surface area (Å²) in [5.74, 6) is 0.788. The zero-order valence-corrected chi connectivity index (χ0v) is 9.57. The van der Waals surface area contributed by atoms with Crippen LogP contribution in [0.3, 0.4) is 0 Å². The summed E-state index contributed by atoms with van der Waals surface area (Å²) in [6, 6.07) is 9.62. The third-order valence-electron chi connectivity index (χ3n) is 2.30. The number of nitrogens with zero attached hydrogens (tertiary/aromatic N) is 3. The molecule has 4 heteroatoms. The van der Waals surface area contributed by atoms with Gasteiger partial charge in [-0.15, -0.1) is 0 Å². The van der Waals surface area contributed by atoms with E-state index in [9.17, 15) is 0 Å². The van der Waals surface area contributed by atoms with Crippen LogP contribution in [-0.2, 0) is 13.5 Å². The normalized spacial score (nSPS) is 10.1. The first-order valence-corrected chi connectivity index (χ1v) is 5.24. The second kappa shape index (κ2) is 4.38. The van der Waals surface area contributed by atoms with Gasteiger partial charge < -0.3 is 4.57 Å². The van der Waals surface area contributed by atoms with Crippen LogP contribution < -0.4 is 0 Å². The molecule has 1 heterocycles. The molecule has 1 aromatic carbocycles. The Morgan fingerprint density at radius 3 is 2.88 bits per heavy atom. The van der Waals surface area contributed by atoms with E-state index >= 15 is 0 Å². The van der Waals surface area contributed by atoms with Crippen molar-refractivity contribution in [1.82, 2.24) is 9.55 Å². The number of rotatable bonds is 2. The minimum atomic E-state index is 0.318. The van der Waals surface area contributed by atoms with Gasteiger partial charge in [-0.05, 0) is 12.1 Å². The van der Waals surface area contributed by atoms with Crippen LogP contribution in [-0.4, -0.2) is 9.55 Å². The average molecular weight is 232 g/mol. The number of aryl methyl sites for hydroxylation is 1. The van der Waals surface area contributed by atoms with Crippen molar-refractivity contribution >= 4 is 11.6 Å². The monoisotopic (exact) mass is 231 g/mol. The molecule has 3 nitrogen and oxygen atoms in total. The minimum Gasteiger partial charge on any atom is -0.334 e. The summed E-state index contributed by atoms with van der Waals surface area (Å²) < 4.78 is 1.88. The molecule has 0 saturated heterocycles. The number of halogens is 1. The molecule has 0 aliphatic rings. The highest BCUT2D eigenvalue weighted by Crippen LogP contribution is 2.26. The van der Waals surface area contributed by atoms with Crippen molar-refractivity contribution in [3.63, 3.8) is 0 Å². The van der Waals surface area contributed by atoms with Crippen LogP contribution >= 0.6 is 11.6 Å². The van der Waals surface area contributed by atoms with Gasteiger partial charge in [-0.1, -0.05) is 23.7 Å². The first-order valence-electron chi connectivity index (χ1n) is 4.86. The van der Waals surface area contributed by atoms with E-state index < -0.39 is 0 Å². The second-order valence-electron chi connectivity index (χ2n) is 3.48. The first kappa shape index (κ1) is 10.7. The largest absolute Gasteiger partial charge is 0.334 e. The molecule has 2 aromatic rings. The van der Waals surface area contributed by atoms with E-state index in [1.54, 1.807) is 0 Å². The van der Waals surface area contributed by atoms with Crippen LogP contribution in [0.4, 0.5) is 0 Å². The zero-order valence-electron chi connectivity index (χ0n) is 8.81. The van der Waals surface area contributed by atoms with Crippen LogP contribution in [0.1, 0.15) is 5.69 Å². The number of aromatic nitrogens is 2. The number of imidazole rings is 1. The maximum atomic E-state index is 8.62. The van der Waals surface area contributed by atoms with E-state index in [1.807, 2.05) is 42.1 Å². The van der Waals surface area contributed by atoms with Crippen LogP contribution in [0, 0.1) is 11.3 Å². The van der Waals surface area contributed by atoms with Crippen LogP contribution in [0.2, 0.25) is 5.02 Å². The predicted molar refractivity (Wildman–Crippen MR) is 63.0 cm³/mol. The fourth-order valence-corrected chi connectivity index (χ4v) is 1.81. The number of benzene rings is 1. The molecule has 2 rings (SSSR count). The maximum Gasteiger partial charge on any atom is 0.141 e. The Morgan fingerprint density at radius 2 is 2.19 bits per heavy atom. The third-order valence-corrected chi connectivity index (χ3v) is 2.63. The summed E-state index contributed by atoms with van der Waals surface area (Å²) in [5.41, 5.74) is 1.65. The van der Waals surface area contributed by atoms with Gasteiger partial charge in [-0.3, -0.25) is 0 Å². The highest BCUT2D eigenvalue weighted by atomic mass is 35.5. The molecule has 80 valence electrons. The molecule has 0 aliphatic heterocycles. The quantitative estimate of drug-likeness (QED) is 0.798. The molecular formula is C12H10ClN3. The van der Waals surface area contributed by atoms with Gasteiger partial charge in [0.2, 0.25) is 0 Å². The molecule has 0 radical (unpaired) electrons. The summed E-state index contributed by atoms with van der Waals surface area (Å²) in [6.45, 7) is 0. The van der Waals surface area contributed by atoms with Crippen molar-refractivity contribution in [2.75, 3.05) is 0 Å². The number of nitriles is 1. The molecule has 0 bridgehead atoms. The summed E-state index contributed by atoms with van der Waals surface area (Å²) in [7, 11) is 1.90. The van der Waals surface area contributed by atoms with Crippen LogP contribution in [0.15, 0.2) is 30.5 Å². The molecule has 16 heavy (non-hydrogen) atoms. The molecule has 0 saturated carbocycles. The van der Waals surface area contributed by atoms with Crippen molar-refractivity contribution in [3.05, 3.63) is 41.2 Å². The lowest BCUT2D eigenvalue weighted by molar-refractivity contribution is 0.923. The van der Waals surface area contributed by atoms with Crippen LogP contribution in [0.25, 0.3) is 11.4 Å². The van der Waals surface area contributed by atoms with Gasteiger partial charge >= 0.3 is 0 Å². The molecular weight excluding hydrogens is 222 g/mol. The Hall–Kier alpha value is -1.79. The minimum absolute atomic E-state index is 0.318. The number of hydrogen-bond acceptors (Lipinski definition) is 2. The van der Waals surface area contributed by atoms with E-state index in [-0.39, 0.29) is 0 Å². The molecule has 0 atom stereocenters. The standard InChI is InChI=1S/C12H10ClN3/c1-16-8-9(6-7-14)15-12(16)10-4-2-3-5-11(10)13/h2-5,8H,6H2,1H3. The summed E-state index contributed by atoms with van der Waals surface area (Å²) in [4.78, 5) is 4.39. The van der Waals surface area contributed by atoms with Gasteiger partial charge in [0.05, 0.1) is 23.2 Å². The van der Waals surface area contributed by atoms with Gasteiger partial charge in [0.25, 0.3) is 0 Å². The van der Waals surface area contributed by atoms with Gasteiger partial charge in [0, 0.05) is 18.8 Å². The highest BCUT2D eigenvalue weighted by Gasteiger charge is 2.09. The first-order chi connectivity index (χ1) is 7.72. The maximum absolute atomic E-state index is 8.62. The summed E-state index contributed by atoms with van der Waals surface area (Å²) in [5, 5.41) is 9.29. The fraction of sp³-hybridized carbons (Fsp3) is 0.167. The van der Waals surface area contributed by atoms with E-state index in [0.29, 0.717) is 11.4 Å². The topological polar surface area (TPSA) is 41.6 Å². The average Bonchev–Trinajstić information content (AvgIpc) is 2.61. The molecule has 0 amide bonds. The van der Waals surface area contributed by atoms with E-state index in [1.165, 1.54) is 0 Å². The van der Waals surface area contributed by atoms with Gasteiger partial charge in [0.1, 0.15) is 5.82 Å². The van der Waals surface area contributed by atoms with E-state index in [4.69, 9.17) is 16.9 Å². The van der Waals surface area contributed by atoms with Gasteiger partial charge in [-0.25, -0.2) is 4.98 Å². The smallest absolute Gasteiger partial charge is 0.141 e. The molecule has 1 aromatic heterocycles. The highest BCUT2D eigenvalue weighted by molar-refractivity contribution is 6.33. The molecule has 0 spiro atoms. The SMILES string of the molecule is Cn1cc(CC#N)nc1-c1ccccc1Cl. The molecule has 0 N–H and O–H groups in total. The van der Waals surface area contributed by atoms with Crippen LogP contribution in [0.5, 0.6) is 0 Å². The molecule has 0 aliphatic carbocycles. The Balaban J connectivity index is 2.49. The number of hydrogen-bond donors (Lipinski definition) is 0. The van der Waals surface area contributed by atoms with Crippen molar-refractivity contribution in [2.24, 2.45) is 7.05 Å². The summed E-state index contributed by atoms with van der Waals surface area (Å²) >= 11 is 6.10. The van der Waals surface area contributed by atoms with Crippen molar-refractivity contribution in [3.8, 4) is 17.5 Å². The lowest BCUT2D eigenvalue weighted by Crippen LogP contribution is -1.91. The van der Waals surface area contributed by atoms with E-state index in [2.05, 4.69) is 11.1 Å². The Labute approximate surface area is 98.9 Å². The fourth-order valence-electron chi connectivity index (χ4n) is 1.59. The Morgan fingerprint density at radius 1 is 1.44 bits per heavy atom. The third kappa shape index (κ3) is 1.93. The van der Waals surface area contributed by atoms with E-state index in [0.717, 1.165) is 17.1 Å². The van der Waals surface area contributed by atoms with Gasteiger partial charge in [-0.2, -0.15) is 5.26 Å². The van der Waals surface area contributed by atoms with Crippen molar-refractivity contribution in [2.45, 2.75) is 6.42 Å². The Bertz CT molecular complexity index is 552. The second-order valence-corrected chi connectivity index (χ2v) is 3.89. The molecule has 0 unspecified atom stereocenters. The molecule has 0 fully saturated rings. The summed E-state index contributed by atoms with van der Waals surface area (Å²) in [6.07, 6.45) is 2.17. The lowest BCUT2D eigenvalue weighted by atomic mass is 10.2.